The Labute approximate surface area is 147 Å². The van der Waals surface area contributed by atoms with Crippen LogP contribution in [0, 0.1) is 0 Å². The third-order valence-corrected chi connectivity index (χ3v) is 5.30. The fraction of sp³-hybridized carbons (Fsp3) is 0.312. The molecule has 1 saturated heterocycles. The van der Waals surface area contributed by atoms with E-state index in [1.807, 2.05) is 0 Å². The molecule has 0 spiro atoms. The number of carboxylic acids is 1. The molecule has 1 aromatic rings. The van der Waals surface area contributed by atoms with Crippen LogP contribution in [0.25, 0.3) is 0 Å². The smallest absolute Gasteiger partial charge is 0.356 e. The van der Waals surface area contributed by atoms with E-state index in [1.165, 1.54) is 18.9 Å². The van der Waals surface area contributed by atoms with Gasteiger partial charge in [-0.25, -0.2) is 4.79 Å². The van der Waals surface area contributed by atoms with Crippen molar-refractivity contribution in [2.75, 3.05) is 12.9 Å². The number of aliphatic hydroxyl groups is 1. The predicted molar refractivity (Wildman–Crippen MR) is 88.1 cm³/mol. The van der Waals surface area contributed by atoms with Gasteiger partial charge in [0.15, 0.2) is 11.8 Å². The summed E-state index contributed by atoms with van der Waals surface area (Å²) in [4.78, 5) is 37.1. The molecule has 2 amide bonds. The second-order valence-corrected chi connectivity index (χ2v) is 6.60. The fourth-order valence-electron chi connectivity index (χ4n) is 2.77. The average Bonchev–Trinajstić information content (AvgIpc) is 2.64. The standard InChI is InChI=1S/C16H16N2O6S/c1-24-9-7-25-15-10(14(21)18(15)11(9)16(22)23)17-13(20)12(19)8-5-3-2-4-6-8/h2-6,10,12,15,19H,7H2,1H3,(H,17,20)(H,22,23)/t10-,12?,15+/m1/s1. The molecule has 132 valence electrons. The van der Waals surface area contributed by atoms with Crippen molar-refractivity contribution >= 4 is 29.5 Å². The molecule has 1 unspecified atom stereocenters. The number of carbonyl (C=O) groups excluding carboxylic acids is 2. The Morgan fingerprint density at radius 1 is 1.36 bits per heavy atom. The van der Waals surface area contributed by atoms with Crippen LogP contribution >= 0.6 is 11.8 Å². The van der Waals surface area contributed by atoms with Crippen LogP contribution in [0.1, 0.15) is 11.7 Å². The second kappa shape index (κ2) is 6.77. The molecule has 2 aliphatic heterocycles. The fourth-order valence-corrected chi connectivity index (χ4v) is 4.08. The molecule has 8 nitrogen and oxygen atoms in total. The van der Waals surface area contributed by atoms with Crippen molar-refractivity contribution in [1.29, 1.82) is 0 Å². The largest absolute Gasteiger partial charge is 0.498 e. The molecule has 9 heteroatoms. The third-order valence-electron chi connectivity index (χ3n) is 4.04. The topological polar surface area (TPSA) is 116 Å². The van der Waals surface area contributed by atoms with Crippen LogP contribution in [0.4, 0.5) is 0 Å². The Balaban J connectivity index is 1.73. The summed E-state index contributed by atoms with van der Waals surface area (Å²) in [6, 6.07) is 7.45. The van der Waals surface area contributed by atoms with E-state index >= 15 is 0 Å². The minimum atomic E-state index is -1.40. The van der Waals surface area contributed by atoms with Crippen LogP contribution in [0.3, 0.4) is 0 Å². The Morgan fingerprint density at radius 2 is 2.04 bits per heavy atom. The number of aliphatic carboxylic acids is 1. The van der Waals surface area contributed by atoms with Crippen LogP contribution in [0.2, 0.25) is 0 Å². The van der Waals surface area contributed by atoms with Crippen LogP contribution in [0.5, 0.6) is 0 Å². The molecule has 3 atom stereocenters. The van der Waals surface area contributed by atoms with Crippen molar-refractivity contribution in [3.63, 3.8) is 0 Å². The van der Waals surface area contributed by atoms with Crippen LogP contribution in [-0.4, -0.2) is 57.2 Å². The minimum Gasteiger partial charge on any atom is -0.498 e. The van der Waals surface area contributed by atoms with Gasteiger partial charge in [0.1, 0.15) is 17.2 Å². The Bertz CT molecular complexity index is 750. The van der Waals surface area contributed by atoms with Gasteiger partial charge in [0.05, 0.1) is 12.9 Å². The zero-order chi connectivity index (χ0) is 18.1. The lowest BCUT2D eigenvalue weighted by molar-refractivity contribution is -0.152. The first-order chi connectivity index (χ1) is 12.0. The number of amides is 2. The van der Waals surface area contributed by atoms with E-state index in [0.717, 1.165) is 4.90 Å². The molecule has 0 bridgehead atoms. The number of aliphatic hydroxyl groups excluding tert-OH is 1. The average molecular weight is 364 g/mol. The first-order valence-corrected chi connectivity index (χ1v) is 8.49. The zero-order valence-corrected chi connectivity index (χ0v) is 14.0. The quantitative estimate of drug-likeness (QED) is 0.633. The lowest BCUT2D eigenvalue weighted by Crippen LogP contribution is -2.70. The van der Waals surface area contributed by atoms with Gasteiger partial charge >= 0.3 is 5.97 Å². The van der Waals surface area contributed by atoms with E-state index in [1.54, 1.807) is 30.3 Å². The number of carboxylic acid groups (broad SMARTS) is 1. The number of carbonyl (C=O) groups is 3. The number of benzene rings is 1. The number of fused-ring (bicyclic) bond motifs is 1. The maximum Gasteiger partial charge on any atom is 0.356 e. The molecular weight excluding hydrogens is 348 g/mol. The molecule has 1 fully saturated rings. The Kier molecular flexibility index (Phi) is 4.69. The highest BCUT2D eigenvalue weighted by Gasteiger charge is 2.55. The maximum atomic E-state index is 12.3. The van der Waals surface area contributed by atoms with Gasteiger partial charge in [-0.05, 0) is 5.56 Å². The number of thioether (sulfide) groups is 1. The Hall–Kier alpha value is -2.52. The van der Waals surface area contributed by atoms with Crippen molar-refractivity contribution in [3.8, 4) is 0 Å². The number of nitrogens with one attached hydrogen (secondary N) is 1. The molecule has 3 rings (SSSR count). The highest BCUT2D eigenvalue weighted by molar-refractivity contribution is 8.00. The van der Waals surface area contributed by atoms with E-state index in [0.29, 0.717) is 5.56 Å². The van der Waals surface area contributed by atoms with E-state index in [2.05, 4.69) is 5.32 Å². The number of hydrogen-bond acceptors (Lipinski definition) is 6. The lowest BCUT2D eigenvalue weighted by atomic mass is 10.0. The van der Waals surface area contributed by atoms with E-state index < -0.39 is 35.3 Å². The third kappa shape index (κ3) is 2.96. The van der Waals surface area contributed by atoms with Gasteiger partial charge < -0.3 is 20.3 Å². The van der Waals surface area contributed by atoms with Crippen LogP contribution in [-0.2, 0) is 19.1 Å². The number of methoxy groups -OCH3 is 1. The van der Waals surface area contributed by atoms with Crippen molar-refractivity contribution in [2.45, 2.75) is 17.5 Å². The van der Waals surface area contributed by atoms with Gasteiger partial charge in [0, 0.05) is 0 Å². The maximum absolute atomic E-state index is 12.3. The summed E-state index contributed by atoms with van der Waals surface area (Å²) >= 11 is 1.29. The van der Waals surface area contributed by atoms with E-state index in [-0.39, 0.29) is 17.2 Å². The summed E-state index contributed by atoms with van der Waals surface area (Å²) in [5.74, 6) is -2.03. The summed E-state index contributed by atoms with van der Waals surface area (Å²) in [6.45, 7) is 0. The molecule has 2 heterocycles. The van der Waals surface area contributed by atoms with Crippen molar-refractivity contribution in [3.05, 3.63) is 47.4 Å². The lowest BCUT2D eigenvalue weighted by Gasteiger charge is -2.49. The molecular formula is C16H16N2O6S. The number of ether oxygens (including phenoxy) is 1. The van der Waals surface area contributed by atoms with Crippen molar-refractivity contribution in [2.24, 2.45) is 0 Å². The summed E-state index contributed by atoms with van der Waals surface area (Å²) in [5, 5.41) is 21.4. The van der Waals surface area contributed by atoms with Gasteiger partial charge in [0.25, 0.3) is 11.8 Å². The van der Waals surface area contributed by atoms with E-state index in [4.69, 9.17) is 4.74 Å². The minimum absolute atomic E-state index is 0.203. The molecule has 0 saturated carbocycles. The highest BCUT2D eigenvalue weighted by Crippen LogP contribution is 2.40. The molecule has 3 N–H and O–H groups in total. The van der Waals surface area contributed by atoms with Crippen molar-refractivity contribution < 1.29 is 29.3 Å². The molecule has 0 radical (unpaired) electrons. The summed E-state index contributed by atoms with van der Waals surface area (Å²) in [6.07, 6.45) is -1.40. The molecule has 0 aromatic heterocycles. The molecule has 1 aromatic carbocycles. The summed E-state index contributed by atoms with van der Waals surface area (Å²) < 4.78 is 5.04. The van der Waals surface area contributed by atoms with Gasteiger partial charge in [-0.3, -0.25) is 14.5 Å². The van der Waals surface area contributed by atoms with Gasteiger partial charge in [0.2, 0.25) is 0 Å². The number of nitrogens with zero attached hydrogens (tertiary/aromatic N) is 1. The first kappa shape index (κ1) is 17.3. The normalized spacial score (nSPS) is 23.4. The zero-order valence-electron chi connectivity index (χ0n) is 13.2. The van der Waals surface area contributed by atoms with E-state index in [9.17, 15) is 24.6 Å². The molecule has 2 aliphatic rings. The molecule has 0 aliphatic carbocycles. The summed E-state index contributed by atoms with van der Waals surface area (Å²) in [7, 11) is 1.35. The Morgan fingerprint density at radius 3 is 2.64 bits per heavy atom. The SMILES string of the molecule is COC1=C(C(=O)O)N2C(=O)[C@@H](NC(=O)C(O)c3ccccc3)[C@@H]2SC1. The monoisotopic (exact) mass is 364 g/mol. The second-order valence-electron chi connectivity index (χ2n) is 5.49. The highest BCUT2D eigenvalue weighted by atomic mass is 32.2. The van der Waals surface area contributed by atoms with Gasteiger partial charge in [-0.1, -0.05) is 30.3 Å². The predicted octanol–water partition coefficient (Wildman–Crippen LogP) is 0.0625. The molecule has 25 heavy (non-hydrogen) atoms. The summed E-state index contributed by atoms with van der Waals surface area (Å²) in [5.41, 5.74) is 0.207. The first-order valence-electron chi connectivity index (χ1n) is 7.44. The number of β-lactam (4-membered cyclic amide) rings is 1. The van der Waals surface area contributed by atoms with Crippen LogP contribution in [0.15, 0.2) is 41.8 Å². The number of hydrogen-bond donors (Lipinski definition) is 3. The van der Waals surface area contributed by atoms with Crippen LogP contribution < -0.4 is 5.32 Å². The van der Waals surface area contributed by atoms with Crippen molar-refractivity contribution in [1.82, 2.24) is 10.2 Å². The number of rotatable bonds is 5. The van der Waals surface area contributed by atoms with Gasteiger partial charge in [-0.2, -0.15) is 0 Å². The van der Waals surface area contributed by atoms with Gasteiger partial charge in [-0.15, -0.1) is 11.8 Å².